The third kappa shape index (κ3) is 3.32. The molecule has 0 amide bonds. The third-order valence-corrected chi connectivity index (χ3v) is 3.22. The van der Waals surface area contributed by atoms with Gasteiger partial charge in [-0.25, -0.2) is 4.39 Å². The summed E-state index contributed by atoms with van der Waals surface area (Å²) in [4.78, 5) is 0. The number of halogens is 1. The lowest BCUT2D eigenvalue weighted by Gasteiger charge is -2.14. The van der Waals surface area contributed by atoms with E-state index >= 15 is 0 Å². The topological polar surface area (TPSA) is 35.2 Å². The van der Waals surface area contributed by atoms with Gasteiger partial charge in [0.05, 0.1) is 7.11 Å². The van der Waals surface area contributed by atoms with E-state index in [2.05, 4.69) is 0 Å². The number of rotatable bonds is 4. The fourth-order valence-electron chi connectivity index (χ4n) is 2.12. The molecule has 100 valence electrons. The maximum Gasteiger partial charge on any atom is 0.123 e. The number of aryl methyl sites for hydroxylation is 1. The Hall–Kier alpha value is -1.87. The second kappa shape index (κ2) is 5.85. The molecule has 0 aliphatic rings. The highest BCUT2D eigenvalue weighted by molar-refractivity contribution is 5.37. The van der Waals surface area contributed by atoms with Gasteiger partial charge in [-0.05, 0) is 48.2 Å². The highest BCUT2D eigenvalue weighted by atomic mass is 19.1. The molecule has 2 aromatic rings. The van der Waals surface area contributed by atoms with Crippen molar-refractivity contribution in [3.8, 4) is 5.75 Å². The first-order valence-corrected chi connectivity index (χ1v) is 6.24. The molecule has 0 saturated heterocycles. The lowest BCUT2D eigenvalue weighted by atomic mass is 9.98. The summed E-state index contributed by atoms with van der Waals surface area (Å²) in [6.07, 6.45) is 0.687. The van der Waals surface area contributed by atoms with Crippen molar-refractivity contribution in [3.63, 3.8) is 0 Å². The second-order valence-corrected chi connectivity index (χ2v) is 4.67. The molecule has 1 atom stereocenters. The predicted octanol–water partition coefficient (Wildman–Crippen LogP) is 3.39. The minimum absolute atomic E-state index is 0.102. The van der Waals surface area contributed by atoms with Gasteiger partial charge in [0.2, 0.25) is 0 Å². The van der Waals surface area contributed by atoms with Crippen LogP contribution in [0.1, 0.15) is 22.7 Å². The number of benzene rings is 2. The molecule has 2 N–H and O–H groups in total. The molecule has 19 heavy (non-hydrogen) atoms. The number of ether oxygens (including phenoxy) is 1. The number of methoxy groups -OCH3 is 1. The van der Waals surface area contributed by atoms with E-state index in [9.17, 15) is 4.39 Å². The van der Waals surface area contributed by atoms with E-state index < -0.39 is 0 Å². The quantitative estimate of drug-likeness (QED) is 0.913. The van der Waals surface area contributed by atoms with Crippen LogP contribution >= 0.6 is 0 Å². The molecule has 0 saturated carbocycles. The standard InChI is InChI=1S/C16H18FNO/c1-11-9-13(5-8-16(11)19-2)15(18)10-12-3-6-14(17)7-4-12/h3-9,15H,10,18H2,1-2H3. The Balaban J connectivity index is 2.13. The smallest absolute Gasteiger partial charge is 0.123 e. The van der Waals surface area contributed by atoms with Crippen LogP contribution in [0.3, 0.4) is 0 Å². The zero-order valence-electron chi connectivity index (χ0n) is 11.2. The molecule has 0 aromatic heterocycles. The second-order valence-electron chi connectivity index (χ2n) is 4.67. The average molecular weight is 259 g/mol. The number of hydrogen-bond donors (Lipinski definition) is 1. The van der Waals surface area contributed by atoms with Gasteiger partial charge in [0, 0.05) is 6.04 Å². The normalized spacial score (nSPS) is 12.2. The Morgan fingerprint density at radius 2 is 1.84 bits per heavy atom. The molecule has 0 radical (unpaired) electrons. The monoisotopic (exact) mass is 259 g/mol. The summed E-state index contributed by atoms with van der Waals surface area (Å²) < 4.78 is 18.1. The molecule has 3 heteroatoms. The van der Waals surface area contributed by atoms with Gasteiger partial charge in [0.25, 0.3) is 0 Å². The van der Waals surface area contributed by atoms with Crippen LogP contribution in [0.25, 0.3) is 0 Å². The zero-order chi connectivity index (χ0) is 13.8. The van der Waals surface area contributed by atoms with Crippen LogP contribution in [0, 0.1) is 12.7 Å². The summed E-state index contributed by atoms with van der Waals surface area (Å²) in [5.74, 6) is 0.635. The van der Waals surface area contributed by atoms with Crippen LogP contribution in [0.5, 0.6) is 5.75 Å². The van der Waals surface area contributed by atoms with Gasteiger partial charge in [-0.1, -0.05) is 24.3 Å². The summed E-state index contributed by atoms with van der Waals surface area (Å²) in [6.45, 7) is 1.99. The zero-order valence-corrected chi connectivity index (χ0v) is 11.2. The van der Waals surface area contributed by atoms with Gasteiger partial charge in [-0.15, -0.1) is 0 Å². The first kappa shape index (κ1) is 13.6. The van der Waals surface area contributed by atoms with Gasteiger partial charge >= 0.3 is 0 Å². The van der Waals surface area contributed by atoms with Crippen molar-refractivity contribution in [3.05, 3.63) is 65.0 Å². The fourth-order valence-corrected chi connectivity index (χ4v) is 2.12. The van der Waals surface area contributed by atoms with Crippen molar-refractivity contribution in [1.82, 2.24) is 0 Å². The van der Waals surface area contributed by atoms with Crippen molar-refractivity contribution >= 4 is 0 Å². The van der Waals surface area contributed by atoms with Crippen molar-refractivity contribution in [1.29, 1.82) is 0 Å². The van der Waals surface area contributed by atoms with Crippen molar-refractivity contribution in [2.24, 2.45) is 5.73 Å². The Bertz CT molecular complexity index is 551. The largest absolute Gasteiger partial charge is 0.496 e. The molecular weight excluding hydrogens is 241 g/mol. The van der Waals surface area contributed by atoms with E-state index in [1.165, 1.54) is 12.1 Å². The average Bonchev–Trinajstić information content (AvgIpc) is 2.41. The molecule has 0 aliphatic heterocycles. The van der Waals surface area contributed by atoms with Gasteiger partial charge in [-0.3, -0.25) is 0 Å². The lowest BCUT2D eigenvalue weighted by Crippen LogP contribution is -2.13. The van der Waals surface area contributed by atoms with Crippen LogP contribution in [-0.4, -0.2) is 7.11 Å². The molecule has 2 rings (SSSR count). The molecule has 2 nitrogen and oxygen atoms in total. The first-order chi connectivity index (χ1) is 9.10. The van der Waals surface area contributed by atoms with Gasteiger partial charge in [0.15, 0.2) is 0 Å². The van der Waals surface area contributed by atoms with Crippen molar-refractivity contribution < 1.29 is 9.13 Å². The summed E-state index contributed by atoms with van der Waals surface area (Å²) in [5, 5.41) is 0. The Morgan fingerprint density at radius 3 is 2.42 bits per heavy atom. The van der Waals surface area contributed by atoms with E-state index in [1.807, 2.05) is 25.1 Å². The maximum atomic E-state index is 12.8. The highest BCUT2D eigenvalue weighted by Gasteiger charge is 2.09. The molecule has 0 aliphatic carbocycles. The Labute approximate surface area is 113 Å². The molecule has 2 aromatic carbocycles. The van der Waals surface area contributed by atoms with Gasteiger partial charge in [-0.2, -0.15) is 0 Å². The molecule has 0 heterocycles. The van der Waals surface area contributed by atoms with Gasteiger partial charge < -0.3 is 10.5 Å². The SMILES string of the molecule is COc1ccc(C(N)Cc2ccc(F)cc2)cc1C. The van der Waals surface area contributed by atoms with Crippen LogP contribution in [0.2, 0.25) is 0 Å². The van der Waals surface area contributed by atoms with E-state index in [0.717, 1.165) is 22.4 Å². The fraction of sp³-hybridized carbons (Fsp3) is 0.250. The minimum Gasteiger partial charge on any atom is -0.496 e. The van der Waals surface area contributed by atoms with Gasteiger partial charge in [0.1, 0.15) is 11.6 Å². The molecule has 0 bridgehead atoms. The number of nitrogens with two attached hydrogens (primary N) is 1. The first-order valence-electron chi connectivity index (χ1n) is 6.24. The molecule has 0 spiro atoms. The highest BCUT2D eigenvalue weighted by Crippen LogP contribution is 2.23. The van der Waals surface area contributed by atoms with Crippen molar-refractivity contribution in [2.75, 3.05) is 7.11 Å². The van der Waals surface area contributed by atoms with Crippen molar-refractivity contribution in [2.45, 2.75) is 19.4 Å². The van der Waals surface area contributed by atoms with E-state index in [-0.39, 0.29) is 11.9 Å². The summed E-state index contributed by atoms with van der Waals surface area (Å²) in [6, 6.07) is 12.3. The molecule has 0 fully saturated rings. The third-order valence-electron chi connectivity index (χ3n) is 3.22. The Morgan fingerprint density at radius 1 is 1.16 bits per heavy atom. The van der Waals surface area contributed by atoms with E-state index in [0.29, 0.717) is 6.42 Å². The van der Waals surface area contributed by atoms with Crippen LogP contribution < -0.4 is 10.5 Å². The predicted molar refractivity (Wildman–Crippen MR) is 74.8 cm³/mol. The van der Waals surface area contributed by atoms with E-state index in [4.69, 9.17) is 10.5 Å². The maximum absolute atomic E-state index is 12.8. The lowest BCUT2D eigenvalue weighted by molar-refractivity contribution is 0.411. The minimum atomic E-state index is -0.224. The molecular formula is C16H18FNO. The summed E-state index contributed by atoms with van der Waals surface area (Å²) in [5.41, 5.74) is 9.34. The van der Waals surface area contributed by atoms with Crippen LogP contribution in [-0.2, 0) is 6.42 Å². The van der Waals surface area contributed by atoms with Crippen LogP contribution in [0.4, 0.5) is 4.39 Å². The molecule has 1 unspecified atom stereocenters. The van der Waals surface area contributed by atoms with Crippen LogP contribution in [0.15, 0.2) is 42.5 Å². The van der Waals surface area contributed by atoms with E-state index in [1.54, 1.807) is 19.2 Å². The summed E-state index contributed by atoms with van der Waals surface area (Å²) in [7, 11) is 1.65. The Kier molecular flexibility index (Phi) is 4.17. The summed E-state index contributed by atoms with van der Waals surface area (Å²) >= 11 is 0. The number of hydrogen-bond acceptors (Lipinski definition) is 2.